The molecule has 1 aromatic carbocycles. The molecule has 4 nitrogen and oxygen atoms in total. The van der Waals surface area contributed by atoms with Crippen molar-refractivity contribution < 1.29 is 9.59 Å². The normalized spacial score (nSPS) is 11.6. The molecule has 1 unspecified atom stereocenters. The number of halogens is 2. The molecule has 0 saturated carbocycles. The first-order chi connectivity index (χ1) is 10.5. The molecule has 0 saturated heterocycles. The predicted octanol–water partition coefficient (Wildman–Crippen LogP) is 3.33. The minimum Gasteiger partial charge on any atom is -0.350 e. The highest BCUT2D eigenvalue weighted by molar-refractivity contribution is 9.11. The molecule has 0 spiro atoms. The Kier molecular flexibility index (Phi) is 8.82. The smallest absolute Gasteiger partial charge is 0.253 e. The van der Waals surface area contributed by atoms with Gasteiger partial charge in [0.1, 0.15) is 6.04 Å². The van der Waals surface area contributed by atoms with Gasteiger partial charge < -0.3 is 10.6 Å². The summed E-state index contributed by atoms with van der Waals surface area (Å²) in [6, 6.07) is 6.55. The fraction of sp³-hybridized carbons (Fsp3) is 0.333. The lowest BCUT2D eigenvalue weighted by molar-refractivity contribution is -0.122. The molecule has 0 aromatic heterocycles. The summed E-state index contributed by atoms with van der Waals surface area (Å²) in [4.78, 5) is 24.5. The number of benzene rings is 1. The van der Waals surface area contributed by atoms with Crippen LogP contribution in [0.3, 0.4) is 0 Å². The number of hydrogen-bond acceptors (Lipinski definition) is 3. The van der Waals surface area contributed by atoms with Crippen molar-refractivity contribution in [2.45, 2.75) is 12.5 Å². The minimum atomic E-state index is -0.570. The van der Waals surface area contributed by atoms with Crippen LogP contribution in [0.25, 0.3) is 0 Å². The Morgan fingerprint density at radius 3 is 2.64 bits per heavy atom. The molecule has 0 fully saturated rings. The third-order valence-electron chi connectivity index (χ3n) is 2.81. The Bertz CT molecular complexity index is 552. The summed E-state index contributed by atoms with van der Waals surface area (Å²) in [6.45, 7) is 4.01. The molecule has 7 heteroatoms. The van der Waals surface area contributed by atoms with E-state index in [2.05, 4.69) is 49.1 Å². The van der Waals surface area contributed by atoms with Gasteiger partial charge in [-0.1, -0.05) is 34.6 Å². The van der Waals surface area contributed by atoms with Gasteiger partial charge in [-0.25, -0.2) is 0 Å². The number of nitrogens with one attached hydrogen (secondary N) is 2. The molecule has 2 amide bonds. The van der Waals surface area contributed by atoms with E-state index in [1.54, 1.807) is 30.0 Å². The van der Waals surface area contributed by atoms with Crippen molar-refractivity contribution in [2.75, 3.05) is 18.6 Å². The van der Waals surface area contributed by atoms with Crippen LogP contribution in [0.5, 0.6) is 0 Å². The molecule has 0 aliphatic carbocycles. The number of hydrogen-bond donors (Lipinski definition) is 2. The van der Waals surface area contributed by atoms with Crippen molar-refractivity contribution >= 4 is 55.4 Å². The lowest BCUT2D eigenvalue weighted by Crippen LogP contribution is -2.47. The highest BCUT2D eigenvalue weighted by Gasteiger charge is 2.21. The largest absolute Gasteiger partial charge is 0.350 e. The maximum absolute atomic E-state index is 12.3. The molecule has 120 valence electrons. The van der Waals surface area contributed by atoms with Gasteiger partial charge in [0.05, 0.1) is 5.56 Å². The second-order valence-corrected chi connectivity index (χ2v) is 7.48. The van der Waals surface area contributed by atoms with Crippen molar-refractivity contribution in [1.82, 2.24) is 10.6 Å². The number of carbonyl (C=O) groups is 2. The Morgan fingerprint density at radius 1 is 1.36 bits per heavy atom. The van der Waals surface area contributed by atoms with E-state index >= 15 is 0 Å². The predicted molar refractivity (Wildman–Crippen MR) is 99.5 cm³/mol. The Labute approximate surface area is 151 Å². The third kappa shape index (κ3) is 6.54. The minimum absolute atomic E-state index is 0.213. The zero-order valence-corrected chi connectivity index (χ0v) is 16.2. The summed E-state index contributed by atoms with van der Waals surface area (Å²) in [5.74, 6) is 0.297. The van der Waals surface area contributed by atoms with E-state index in [1.165, 1.54) is 0 Å². The summed E-state index contributed by atoms with van der Waals surface area (Å²) >= 11 is 8.17. The first kappa shape index (κ1) is 19.3. The van der Waals surface area contributed by atoms with Crippen LogP contribution >= 0.6 is 43.6 Å². The second-order valence-electron chi connectivity index (χ2n) is 4.52. The second kappa shape index (κ2) is 10.1. The molecule has 1 atom stereocenters. The Balaban J connectivity index is 2.75. The van der Waals surface area contributed by atoms with E-state index in [1.807, 2.05) is 12.3 Å². The molecule has 0 bridgehead atoms. The third-order valence-corrected chi connectivity index (χ3v) is 4.42. The molecular weight excluding hydrogens is 432 g/mol. The molecular formula is C15H18Br2N2O2S. The quantitative estimate of drug-likeness (QED) is 0.639. The van der Waals surface area contributed by atoms with E-state index in [0.29, 0.717) is 27.5 Å². The molecule has 0 radical (unpaired) electrons. The van der Waals surface area contributed by atoms with Crippen molar-refractivity contribution in [1.29, 1.82) is 0 Å². The van der Waals surface area contributed by atoms with Crippen LogP contribution in [0.15, 0.2) is 39.8 Å². The van der Waals surface area contributed by atoms with Crippen LogP contribution in [0, 0.1) is 0 Å². The van der Waals surface area contributed by atoms with Gasteiger partial charge in [0.2, 0.25) is 5.91 Å². The van der Waals surface area contributed by atoms with E-state index in [0.717, 1.165) is 5.75 Å². The Hall–Kier alpha value is -0.790. The maximum atomic E-state index is 12.3. The van der Waals surface area contributed by atoms with Crippen LogP contribution in [0.2, 0.25) is 0 Å². The summed E-state index contributed by atoms with van der Waals surface area (Å²) < 4.78 is 1.38. The van der Waals surface area contributed by atoms with Crippen LogP contribution in [0.4, 0.5) is 0 Å². The lowest BCUT2D eigenvalue weighted by Gasteiger charge is -2.18. The topological polar surface area (TPSA) is 58.2 Å². The Morgan fingerprint density at radius 2 is 2.05 bits per heavy atom. The van der Waals surface area contributed by atoms with Gasteiger partial charge in [-0.2, -0.15) is 11.8 Å². The van der Waals surface area contributed by atoms with Gasteiger partial charge in [-0.3, -0.25) is 9.59 Å². The number of carbonyl (C=O) groups excluding carboxylic acids is 2. The van der Waals surface area contributed by atoms with Crippen LogP contribution in [-0.4, -0.2) is 36.4 Å². The highest BCUT2D eigenvalue weighted by atomic mass is 79.9. The maximum Gasteiger partial charge on any atom is 0.253 e. The molecule has 0 heterocycles. The van der Waals surface area contributed by atoms with Crippen molar-refractivity contribution in [3.63, 3.8) is 0 Å². The van der Waals surface area contributed by atoms with Gasteiger partial charge >= 0.3 is 0 Å². The van der Waals surface area contributed by atoms with Crippen molar-refractivity contribution in [3.05, 3.63) is 45.4 Å². The van der Waals surface area contributed by atoms with Crippen LogP contribution in [0.1, 0.15) is 16.8 Å². The van der Waals surface area contributed by atoms with Crippen molar-refractivity contribution in [2.24, 2.45) is 0 Å². The van der Waals surface area contributed by atoms with Gasteiger partial charge in [0.15, 0.2) is 0 Å². The van der Waals surface area contributed by atoms with E-state index in [4.69, 9.17) is 0 Å². The van der Waals surface area contributed by atoms with Crippen LogP contribution < -0.4 is 10.6 Å². The van der Waals surface area contributed by atoms with E-state index in [9.17, 15) is 9.59 Å². The number of thioether (sulfide) groups is 1. The average Bonchev–Trinajstić information content (AvgIpc) is 2.49. The monoisotopic (exact) mass is 448 g/mol. The summed E-state index contributed by atoms with van der Waals surface area (Å²) in [5, 5.41) is 5.53. The first-order valence-electron chi connectivity index (χ1n) is 6.61. The summed E-state index contributed by atoms with van der Waals surface area (Å²) in [6.07, 6.45) is 2.53. The zero-order chi connectivity index (χ0) is 16.5. The molecule has 0 aliphatic heterocycles. The van der Waals surface area contributed by atoms with Crippen molar-refractivity contribution in [3.8, 4) is 0 Å². The summed E-state index contributed by atoms with van der Waals surface area (Å²) in [7, 11) is 0. The van der Waals surface area contributed by atoms with Crippen LogP contribution in [-0.2, 0) is 4.79 Å². The first-order valence-corrected chi connectivity index (χ1v) is 9.59. The SMILES string of the molecule is C=C(Br)CNC(=O)C(CCSC)NC(=O)c1ccccc1Br. The van der Waals surface area contributed by atoms with E-state index < -0.39 is 6.04 Å². The average molecular weight is 450 g/mol. The lowest BCUT2D eigenvalue weighted by atomic mass is 10.1. The van der Waals surface area contributed by atoms with Gasteiger partial charge in [0, 0.05) is 15.5 Å². The fourth-order valence-corrected chi connectivity index (χ4v) is 2.77. The molecule has 2 N–H and O–H groups in total. The molecule has 1 rings (SSSR count). The zero-order valence-electron chi connectivity index (χ0n) is 12.2. The fourth-order valence-electron chi connectivity index (χ4n) is 1.69. The van der Waals surface area contributed by atoms with E-state index in [-0.39, 0.29) is 11.8 Å². The van der Waals surface area contributed by atoms with Gasteiger partial charge in [0.25, 0.3) is 5.91 Å². The van der Waals surface area contributed by atoms with Gasteiger partial charge in [-0.15, -0.1) is 0 Å². The highest BCUT2D eigenvalue weighted by Crippen LogP contribution is 2.16. The standard InChI is InChI=1S/C15H18Br2N2O2S/c1-10(16)9-18-15(21)13(7-8-22-2)19-14(20)11-5-3-4-6-12(11)17/h3-6,13H,1,7-9H2,2H3,(H,18,21)(H,19,20). The summed E-state index contributed by atoms with van der Waals surface area (Å²) in [5.41, 5.74) is 0.509. The molecule has 22 heavy (non-hydrogen) atoms. The molecule has 1 aromatic rings. The number of rotatable bonds is 8. The van der Waals surface area contributed by atoms with Gasteiger partial charge in [-0.05, 0) is 46.5 Å². The molecule has 0 aliphatic rings. The number of amides is 2.